The molecule has 0 atom stereocenters. The highest BCUT2D eigenvalue weighted by molar-refractivity contribution is 5.95. The molecule has 0 spiro atoms. The van der Waals surface area contributed by atoms with Crippen molar-refractivity contribution in [2.24, 2.45) is 5.73 Å². The lowest BCUT2D eigenvalue weighted by Gasteiger charge is -2.17. The van der Waals surface area contributed by atoms with Gasteiger partial charge in [-0.05, 0) is 31.0 Å². The minimum Gasteiger partial charge on any atom is -0.340 e. The maximum Gasteiger partial charge on any atom is 0.253 e. The standard InChI is InChI=1S/C12H18N2O/c1-9-5-4-6-11(10(9)2)12(15)14(3)8-7-13/h4-6H,7-8,13H2,1-3H3. The van der Waals surface area contributed by atoms with E-state index < -0.39 is 0 Å². The Balaban J connectivity index is 2.96. The van der Waals surface area contributed by atoms with Crippen molar-refractivity contribution in [1.82, 2.24) is 4.90 Å². The zero-order chi connectivity index (χ0) is 11.4. The first-order valence-corrected chi connectivity index (χ1v) is 5.09. The molecule has 15 heavy (non-hydrogen) atoms. The van der Waals surface area contributed by atoms with Crippen molar-refractivity contribution in [1.29, 1.82) is 0 Å². The van der Waals surface area contributed by atoms with Crippen LogP contribution in [0.1, 0.15) is 21.5 Å². The summed E-state index contributed by atoms with van der Waals surface area (Å²) in [5.41, 5.74) is 8.38. The molecule has 0 aliphatic carbocycles. The van der Waals surface area contributed by atoms with Gasteiger partial charge in [-0.2, -0.15) is 0 Å². The van der Waals surface area contributed by atoms with Crippen molar-refractivity contribution in [3.8, 4) is 0 Å². The average molecular weight is 206 g/mol. The van der Waals surface area contributed by atoms with Crippen LogP contribution in [0, 0.1) is 13.8 Å². The van der Waals surface area contributed by atoms with E-state index in [-0.39, 0.29) is 5.91 Å². The lowest BCUT2D eigenvalue weighted by molar-refractivity contribution is 0.0798. The lowest BCUT2D eigenvalue weighted by Crippen LogP contribution is -2.32. The molecule has 0 unspecified atom stereocenters. The molecule has 2 N–H and O–H groups in total. The molecule has 3 heteroatoms. The summed E-state index contributed by atoms with van der Waals surface area (Å²) in [5, 5.41) is 0. The highest BCUT2D eigenvalue weighted by atomic mass is 16.2. The van der Waals surface area contributed by atoms with E-state index in [1.807, 2.05) is 32.0 Å². The molecule has 82 valence electrons. The maximum atomic E-state index is 12.0. The summed E-state index contributed by atoms with van der Waals surface area (Å²) < 4.78 is 0. The van der Waals surface area contributed by atoms with Gasteiger partial charge in [0, 0.05) is 25.7 Å². The molecule has 0 aliphatic heterocycles. The third-order valence-corrected chi connectivity index (χ3v) is 2.65. The first-order valence-electron chi connectivity index (χ1n) is 5.09. The first kappa shape index (κ1) is 11.7. The molecule has 0 radical (unpaired) electrons. The highest BCUT2D eigenvalue weighted by Gasteiger charge is 2.13. The Bertz CT molecular complexity index is 361. The van der Waals surface area contributed by atoms with Crippen LogP contribution in [0.2, 0.25) is 0 Å². The second-order valence-electron chi connectivity index (χ2n) is 3.76. The summed E-state index contributed by atoms with van der Waals surface area (Å²) >= 11 is 0. The van der Waals surface area contributed by atoms with Crippen LogP contribution in [0.5, 0.6) is 0 Å². The van der Waals surface area contributed by atoms with Crippen LogP contribution in [-0.2, 0) is 0 Å². The fourth-order valence-corrected chi connectivity index (χ4v) is 1.48. The fraction of sp³-hybridized carbons (Fsp3) is 0.417. The molecule has 0 aromatic heterocycles. The van der Waals surface area contributed by atoms with Crippen LogP contribution >= 0.6 is 0 Å². The predicted octanol–water partition coefficient (Wildman–Crippen LogP) is 1.33. The largest absolute Gasteiger partial charge is 0.340 e. The smallest absolute Gasteiger partial charge is 0.253 e. The fourth-order valence-electron chi connectivity index (χ4n) is 1.48. The van der Waals surface area contributed by atoms with Crippen LogP contribution in [0.4, 0.5) is 0 Å². The van der Waals surface area contributed by atoms with Crippen LogP contribution in [-0.4, -0.2) is 30.9 Å². The van der Waals surface area contributed by atoms with E-state index in [0.717, 1.165) is 16.7 Å². The lowest BCUT2D eigenvalue weighted by atomic mass is 10.0. The topological polar surface area (TPSA) is 46.3 Å². The molecule has 0 aliphatic rings. The quantitative estimate of drug-likeness (QED) is 0.811. The van der Waals surface area contributed by atoms with Gasteiger partial charge in [0.05, 0.1) is 0 Å². The van der Waals surface area contributed by atoms with Crippen LogP contribution in [0.25, 0.3) is 0 Å². The zero-order valence-corrected chi connectivity index (χ0v) is 9.58. The van der Waals surface area contributed by atoms with E-state index in [1.165, 1.54) is 0 Å². The Hall–Kier alpha value is -1.35. The molecule has 1 amide bonds. The van der Waals surface area contributed by atoms with Gasteiger partial charge in [0.2, 0.25) is 0 Å². The summed E-state index contributed by atoms with van der Waals surface area (Å²) in [7, 11) is 1.77. The molecule has 0 saturated carbocycles. The third-order valence-electron chi connectivity index (χ3n) is 2.65. The van der Waals surface area contributed by atoms with E-state index in [9.17, 15) is 4.79 Å². The van der Waals surface area contributed by atoms with Crippen LogP contribution < -0.4 is 5.73 Å². The monoisotopic (exact) mass is 206 g/mol. The van der Waals surface area contributed by atoms with Gasteiger partial charge in [-0.1, -0.05) is 12.1 Å². The van der Waals surface area contributed by atoms with E-state index in [0.29, 0.717) is 13.1 Å². The highest BCUT2D eigenvalue weighted by Crippen LogP contribution is 2.14. The Morgan fingerprint density at radius 2 is 2.07 bits per heavy atom. The summed E-state index contributed by atoms with van der Waals surface area (Å²) in [5.74, 6) is 0.0432. The van der Waals surface area contributed by atoms with Crippen molar-refractivity contribution in [2.75, 3.05) is 20.1 Å². The van der Waals surface area contributed by atoms with Crippen molar-refractivity contribution in [3.63, 3.8) is 0 Å². The van der Waals surface area contributed by atoms with E-state index in [2.05, 4.69) is 0 Å². The molecule has 1 aromatic carbocycles. The van der Waals surface area contributed by atoms with Gasteiger partial charge >= 0.3 is 0 Å². The minimum atomic E-state index is 0.0432. The van der Waals surface area contributed by atoms with Crippen molar-refractivity contribution in [2.45, 2.75) is 13.8 Å². The number of likely N-dealkylation sites (N-methyl/N-ethyl adjacent to an activating group) is 1. The first-order chi connectivity index (χ1) is 7.07. The third kappa shape index (κ3) is 2.57. The van der Waals surface area contributed by atoms with Crippen molar-refractivity contribution in [3.05, 3.63) is 34.9 Å². The average Bonchev–Trinajstić information content (AvgIpc) is 2.21. The van der Waals surface area contributed by atoms with E-state index in [1.54, 1.807) is 11.9 Å². The summed E-state index contributed by atoms with van der Waals surface area (Å²) in [6.45, 7) is 5.06. The number of rotatable bonds is 3. The second-order valence-corrected chi connectivity index (χ2v) is 3.76. The molecule has 0 saturated heterocycles. The Kier molecular flexibility index (Phi) is 3.86. The van der Waals surface area contributed by atoms with E-state index >= 15 is 0 Å². The van der Waals surface area contributed by atoms with Crippen molar-refractivity contribution >= 4 is 5.91 Å². The van der Waals surface area contributed by atoms with Gasteiger partial charge in [-0.25, -0.2) is 0 Å². The van der Waals surface area contributed by atoms with Crippen LogP contribution in [0.3, 0.4) is 0 Å². The molecule has 1 aromatic rings. The van der Waals surface area contributed by atoms with Gasteiger partial charge in [0.15, 0.2) is 0 Å². The number of amides is 1. The minimum absolute atomic E-state index is 0.0432. The summed E-state index contributed by atoms with van der Waals surface area (Å²) in [4.78, 5) is 13.6. The normalized spacial score (nSPS) is 10.1. The number of nitrogens with two attached hydrogens (primary N) is 1. The number of carbonyl (C=O) groups excluding carboxylic acids is 1. The number of hydrogen-bond acceptors (Lipinski definition) is 2. The number of nitrogens with zero attached hydrogens (tertiary/aromatic N) is 1. The molecule has 0 heterocycles. The number of carbonyl (C=O) groups is 1. The Labute approximate surface area is 90.9 Å². The SMILES string of the molecule is Cc1cccc(C(=O)N(C)CCN)c1C. The summed E-state index contributed by atoms with van der Waals surface area (Å²) in [6, 6.07) is 5.78. The van der Waals surface area contributed by atoms with Gasteiger partial charge in [0.25, 0.3) is 5.91 Å². The number of aryl methyl sites for hydroxylation is 1. The molecule has 1 rings (SSSR count). The molecule has 0 bridgehead atoms. The Morgan fingerprint density at radius 1 is 1.40 bits per heavy atom. The van der Waals surface area contributed by atoms with Gasteiger partial charge in [-0.15, -0.1) is 0 Å². The molecular weight excluding hydrogens is 188 g/mol. The molecular formula is C12H18N2O. The molecule has 0 fully saturated rings. The second kappa shape index (κ2) is 4.94. The molecule has 3 nitrogen and oxygen atoms in total. The number of hydrogen-bond donors (Lipinski definition) is 1. The zero-order valence-electron chi connectivity index (χ0n) is 9.58. The van der Waals surface area contributed by atoms with Crippen LogP contribution in [0.15, 0.2) is 18.2 Å². The maximum absolute atomic E-state index is 12.0. The van der Waals surface area contributed by atoms with Crippen molar-refractivity contribution < 1.29 is 4.79 Å². The summed E-state index contributed by atoms with van der Waals surface area (Å²) in [6.07, 6.45) is 0. The predicted molar refractivity (Wildman–Crippen MR) is 61.9 cm³/mol. The van der Waals surface area contributed by atoms with Gasteiger partial charge in [-0.3, -0.25) is 4.79 Å². The van der Waals surface area contributed by atoms with Gasteiger partial charge in [0.1, 0.15) is 0 Å². The number of benzene rings is 1. The van der Waals surface area contributed by atoms with E-state index in [4.69, 9.17) is 5.73 Å². The Morgan fingerprint density at radius 3 is 2.67 bits per heavy atom. The van der Waals surface area contributed by atoms with Gasteiger partial charge < -0.3 is 10.6 Å².